The van der Waals surface area contributed by atoms with Crippen molar-refractivity contribution in [3.05, 3.63) is 71.2 Å². The normalized spacial score (nSPS) is 16.5. The third-order valence-electron chi connectivity index (χ3n) is 7.47. The Labute approximate surface area is 265 Å². The molecule has 15 heteroatoms. The van der Waals surface area contributed by atoms with Gasteiger partial charge in [-0.05, 0) is 47.4 Å². The molecule has 2 aromatic heterocycles. The molecule has 1 fully saturated rings. The van der Waals surface area contributed by atoms with Gasteiger partial charge in [-0.25, -0.2) is 4.98 Å². The molecule has 0 unspecified atom stereocenters. The maximum Gasteiger partial charge on any atom is 0.399 e. The molecule has 1 saturated heterocycles. The monoisotopic (exact) mass is 676 g/mol. The van der Waals surface area contributed by atoms with Gasteiger partial charge in [-0.1, -0.05) is 68.5 Å². The predicted molar refractivity (Wildman–Crippen MR) is 169 cm³/mol. The number of carbonyl (C=O) groups is 3. The number of likely N-dealkylation sites (tertiary alicyclic amines) is 1. The Hall–Kier alpha value is -3.55. The zero-order valence-electron chi connectivity index (χ0n) is 24.5. The van der Waals surface area contributed by atoms with E-state index in [9.17, 15) is 27.7 Å². The molecule has 0 bridgehead atoms. The van der Waals surface area contributed by atoms with Crippen LogP contribution >= 0.6 is 30.3 Å². The van der Waals surface area contributed by atoms with Crippen molar-refractivity contribution in [2.45, 2.75) is 51.4 Å². The molecule has 5 rings (SSSR count). The molecule has 0 saturated carbocycles. The van der Waals surface area contributed by atoms with Gasteiger partial charge in [0, 0.05) is 23.0 Å². The summed E-state index contributed by atoms with van der Waals surface area (Å²) in [5.41, 5.74) is -5.05. The molecule has 10 nitrogen and oxygen atoms in total. The third kappa shape index (κ3) is 6.85. The zero-order valence-corrected chi connectivity index (χ0v) is 27.0. The quantitative estimate of drug-likeness (QED) is 0.167. The second-order valence-electron chi connectivity index (χ2n) is 11.8. The van der Waals surface area contributed by atoms with E-state index < -0.39 is 48.1 Å². The van der Waals surface area contributed by atoms with Crippen LogP contribution in [-0.2, 0) is 19.8 Å². The number of hydrogen-bond acceptors (Lipinski definition) is 7. The van der Waals surface area contributed by atoms with Gasteiger partial charge in [0.2, 0.25) is 11.8 Å². The zero-order chi connectivity index (χ0) is 32.7. The molecule has 3 heterocycles. The molecule has 238 valence electrons. The van der Waals surface area contributed by atoms with Crippen molar-refractivity contribution in [3.8, 4) is 10.4 Å². The highest BCUT2D eigenvalue weighted by atomic mass is 32.1. The van der Waals surface area contributed by atoms with Gasteiger partial charge in [0.25, 0.3) is 5.91 Å². The summed E-state index contributed by atoms with van der Waals surface area (Å²) in [6.45, 7) is 5.67. The van der Waals surface area contributed by atoms with Crippen LogP contribution in [0.25, 0.3) is 20.5 Å². The summed E-state index contributed by atoms with van der Waals surface area (Å²) in [6.07, 6.45) is 2.72. The molecule has 3 amide bonds. The fraction of sp³-hybridized carbons (Fsp3) is 0.333. The molecular formula is C30H31F2N4O6PS2. The minimum absolute atomic E-state index is 0.123. The fourth-order valence-electron chi connectivity index (χ4n) is 5.09. The average molecular weight is 677 g/mol. The summed E-state index contributed by atoms with van der Waals surface area (Å²) < 4.78 is 40.3. The minimum atomic E-state index is -5.77. The molecule has 0 aliphatic carbocycles. The van der Waals surface area contributed by atoms with Gasteiger partial charge >= 0.3 is 13.3 Å². The number of alkyl halides is 2. The lowest BCUT2D eigenvalue weighted by Crippen LogP contribution is -2.57. The van der Waals surface area contributed by atoms with E-state index in [2.05, 4.69) is 15.6 Å². The molecule has 0 spiro atoms. The van der Waals surface area contributed by atoms with Crippen molar-refractivity contribution >= 4 is 63.2 Å². The molecule has 2 aromatic carbocycles. The first-order chi connectivity index (χ1) is 21.1. The first-order valence-electron chi connectivity index (χ1n) is 14.0. The van der Waals surface area contributed by atoms with Crippen LogP contribution in [0.2, 0.25) is 0 Å². The number of anilines is 1. The topological polar surface area (TPSA) is 149 Å². The van der Waals surface area contributed by atoms with Gasteiger partial charge in [0.1, 0.15) is 12.1 Å². The number of carbonyl (C=O) groups excluding carboxylic acids is 3. The van der Waals surface area contributed by atoms with E-state index >= 15 is 0 Å². The molecule has 1 aliphatic heterocycles. The number of nitrogens with one attached hydrogen (secondary N) is 2. The second-order valence-corrected chi connectivity index (χ2v) is 15.6. The number of halogens is 2. The summed E-state index contributed by atoms with van der Waals surface area (Å²) >= 11 is 2.31. The molecule has 1 aliphatic rings. The van der Waals surface area contributed by atoms with Gasteiger partial charge in [-0.15, -0.1) is 11.3 Å². The Morgan fingerprint density at radius 3 is 2.44 bits per heavy atom. The smallest absolute Gasteiger partial charge is 0.339 e. The fourth-order valence-corrected chi connectivity index (χ4v) is 7.33. The number of fused-ring (bicyclic) bond motifs is 1. The summed E-state index contributed by atoms with van der Waals surface area (Å²) in [6, 6.07) is 12.3. The number of amides is 3. The summed E-state index contributed by atoms with van der Waals surface area (Å²) in [7, 11) is -5.77. The van der Waals surface area contributed by atoms with Crippen molar-refractivity contribution in [1.29, 1.82) is 0 Å². The highest BCUT2D eigenvalue weighted by Gasteiger charge is 2.50. The van der Waals surface area contributed by atoms with E-state index in [0.29, 0.717) is 29.2 Å². The van der Waals surface area contributed by atoms with Gasteiger partial charge in [-0.2, -0.15) is 8.78 Å². The van der Waals surface area contributed by atoms with Crippen molar-refractivity contribution in [2.75, 3.05) is 11.9 Å². The van der Waals surface area contributed by atoms with Crippen LogP contribution in [0.15, 0.2) is 60.8 Å². The largest absolute Gasteiger partial charge is 0.399 e. The van der Waals surface area contributed by atoms with Crippen molar-refractivity contribution in [3.63, 3.8) is 0 Å². The van der Waals surface area contributed by atoms with E-state index in [1.165, 1.54) is 28.4 Å². The SMILES string of the molecule is CC(C)(C)[C@H](NC(=O)c1cc2cc(C(F)(F)P(=O)(O)O)ccc2s1)C(=O)N1CCC[C@H]1C(=O)Nc1ncc(-c2ccccc2)s1. The average Bonchev–Trinajstić information content (AvgIpc) is 3.74. The van der Waals surface area contributed by atoms with E-state index in [-0.39, 0.29) is 16.2 Å². The Morgan fingerprint density at radius 1 is 1.07 bits per heavy atom. The number of aromatic nitrogens is 1. The highest BCUT2D eigenvalue weighted by Crippen LogP contribution is 2.59. The molecule has 2 atom stereocenters. The van der Waals surface area contributed by atoms with E-state index in [4.69, 9.17) is 9.79 Å². The van der Waals surface area contributed by atoms with Crippen molar-refractivity contribution in [1.82, 2.24) is 15.2 Å². The number of rotatable bonds is 8. The maximum absolute atomic E-state index is 14.3. The van der Waals surface area contributed by atoms with E-state index in [1.807, 2.05) is 30.3 Å². The van der Waals surface area contributed by atoms with Crippen LogP contribution in [0.4, 0.5) is 13.9 Å². The van der Waals surface area contributed by atoms with Crippen LogP contribution in [0.5, 0.6) is 0 Å². The molecule has 4 aromatic rings. The lowest BCUT2D eigenvalue weighted by atomic mass is 9.85. The maximum atomic E-state index is 14.3. The lowest BCUT2D eigenvalue weighted by molar-refractivity contribution is -0.140. The van der Waals surface area contributed by atoms with Crippen LogP contribution in [-0.4, -0.2) is 56.0 Å². The second kappa shape index (κ2) is 12.3. The molecule has 0 radical (unpaired) electrons. The van der Waals surface area contributed by atoms with Gasteiger partial charge in [0.05, 0.1) is 9.75 Å². The Balaban J connectivity index is 1.31. The summed E-state index contributed by atoms with van der Waals surface area (Å²) in [5, 5.41) is 6.21. The number of thiophene rings is 1. The van der Waals surface area contributed by atoms with Gasteiger partial charge < -0.3 is 25.3 Å². The number of benzene rings is 2. The predicted octanol–water partition coefficient (Wildman–Crippen LogP) is 6.03. The van der Waals surface area contributed by atoms with Gasteiger partial charge in [0.15, 0.2) is 5.13 Å². The Morgan fingerprint density at radius 2 is 1.78 bits per heavy atom. The van der Waals surface area contributed by atoms with Crippen LogP contribution in [0, 0.1) is 5.41 Å². The summed E-state index contributed by atoms with van der Waals surface area (Å²) in [5.74, 6) is -1.42. The molecular weight excluding hydrogens is 645 g/mol. The molecule has 4 N–H and O–H groups in total. The molecule has 45 heavy (non-hydrogen) atoms. The first-order valence-corrected chi connectivity index (χ1v) is 17.2. The third-order valence-corrected chi connectivity index (χ3v) is 10.5. The van der Waals surface area contributed by atoms with E-state index in [1.54, 1.807) is 27.0 Å². The minimum Gasteiger partial charge on any atom is -0.339 e. The number of thiazole rings is 1. The number of nitrogens with zero attached hydrogens (tertiary/aromatic N) is 2. The number of hydrogen-bond donors (Lipinski definition) is 4. The van der Waals surface area contributed by atoms with Crippen LogP contribution in [0.3, 0.4) is 0 Å². The summed E-state index contributed by atoms with van der Waals surface area (Å²) in [4.78, 5) is 65.6. The van der Waals surface area contributed by atoms with Crippen LogP contribution < -0.4 is 10.6 Å². The van der Waals surface area contributed by atoms with Crippen LogP contribution in [0.1, 0.15) is 48.8 Å². The van der Waals surface area contributed by atoms with Crippen molar-refractivity contribution < 1.29 is 37.5 Å². The lowest BCUT2D eigenvalue weighted by Gasteiger charge is -2.35. The standard InChI is InChI=1S/C30H31F2N4O6PS2/c1-29(2,3)24(34-26(38)22-15-18-14-19(11-12-21(18)44-22)30(31,32)43(40,41)42)27(39)36-13-7-10-20(36)25(37)35-28-33-16-23(45-28)17-8-5-4-6-9-17/h4-6,8-9,11-12,14-16,20,24H,7,10,13H2,1-3H3,(H,34,38)(H,33,35,37)(H2,40,41,42)/t20-,24+/m0/s1. The van der Waals surface area contributed by atoms with Crippen molar-refractivity contribution in [2.24, 2.45) is 5.41 Å². The Kier molecular flexibility index (Phi) is 9.00. The Bertz CT molecular complexity index is 1800. The highest BCUT2D eigenvalue weighted by molar-refractivity contribution is 7.52. The van der Waals surface area contributed by atoms with E-state index in [0.717, 1.165) is 33.9 Å². The first kappa shape index (κ1) is 32.8. The van der Waals surface area contributed by atoms with Gasteiger partial charge in [-0.3, -0.25) is 18.9 Å².